The average Bonchev–Trinajstić information content (AvgIpc) is 2.66. The highest BCUT2D eigenvalue weighted by Gasteiger charge is 2.49. The molecule has 0 aliphatic carbocycles. The number of likely N-dealkylation sites (tertiary alicyclic amines) is 1. The van der Waals surface area contributed by atoms with Crippen LogP contribution in [-0.4, -0.2) is 56.3 Å². The zero-order valence-electron chi connectivity index (χ0n) is 15.1. The van der Waals surface area contributed by atoms with Gasteiger partial charge >= 0.3 is 11.9 Å². The monoisotopic (exact) mass is 388 g/mol. The van der Waals surface area contributed by atoms with Gasteiger partial charge in [0.2, 0.25) is 0 Å². The molecule has 2 atom stereocenters. The molecule has 0 radical (unpaired) electrons. The number of rotatable bonds is 6. The number of benzene rings is 1. The number of piperidine rings is 1. The van der Waals surface area contributed by atoms with Gasteiger partial charge in [0.25, 0.3) is 0 Å². The third-order valence-electron chi connectivity index (χ3n) is 5.13. The van der Waals surface area contributed by atoms with E-state index in [0.29, 0.717) is 17.8 Å². The van der Waals surface area contributed by atoms with E-state index in [1.54, 1.807) is 12.1 Å². The Morgan fingerprint density at radius 1 is 1.18 bits per heavy atom. The Bertz CT molecular complexity index is 873. The maximum absolute atomic E-state index is 13.2. The van der Waals surface area contributed by atoms with Crippen molar-refractivity contribution >= 4 is 11.9 Å². The van der Waals surface area contributed by atoms with Crippen LogP contribution in [-0.2, 0) is 17.8 Å². The topological polar surface area (TPSA) is 111 Å². The minimum absolute atomic E-state index is 0.0584. The molecule has 2 aromatic rings. The molecule has 148 valence electrons. The number of hydrogen-bond acceptors (Lipinski definition) is 5. The third-order valence-corrected chi connectivity index (χ3v) is 5.13. The number of carbonyl (C=O) groups is 2. The number of aliphatic hydroxyl groups excluding tert-OH is 1. The molecule has 0 amide bonds. The molecular weight excluding hydrogens is 367 g/mol. The molecule has 8 heteroatoms. The molecule has 1 aromatic heterocycles. The summed E-state index contributed by atoms with van der Waals surface area (Å²) in [5, 5.41) is 29.5. The van der Waals surface area contributed by atoms with Gasteiger partial charge in [0.15, 0.2) is 0 Å². The molecule has 0 unspecified atom stereocenters. The van der Waals surface area contributed by atoms with E-state index < -0.39 is 29.3 Å². The van der Waals surface area contributed by atoms with Gasteiger partial charge in [0, 0.05) is 19.6 Å². The number of pyridine rings is 1. The molecule has 1 fully saturated rings. The number of nitrogens with zero attached hydrogens (tertiary/aromatic N) is 2. The summed E-state index contributed by atoms with van der Waals surface area (Å²) in [7, 11) is 0. The number of carboxylic acid groups (broad SMARTS) is 2. The van der Waals surface area contributed by atoms with Crippen molar-refractivity contribution in [1.29, 1.82) is 0 Å². The smallest absolute Gasteiger partial charge is 0.354 e. The number of aliphatic carboxylic acids is 1. The maximum Gasteiger partial charge on any atom is 0.354 e. The van der Waals surface area contributed by atoms with Crippen LogP contribution in [0.15, 0.2) is 42.5 Å². The van der Waals surface area contributed by atoms with Crippen LogP contribution in [0.1, 0.15) is 28.2 Å². The molecule has 7 nitrogen and oxygen atoms in total. The van der Waals surface area contributed by atoms with Gasteiger partial charge in [-0.05, 0) is 42.7 Å². The highest BCUT2D eigenvalue weighted by Crippen LogP contribution is 2.35. The molecule has 0 saturated carbocycles. The predicted octanol–water partition coefficient (Wildman–Crippen LogP) is 1.80. The Hall–Kier alpha value is -2.84. The second kappa shape index (κ2) is 8.04. The standard InChI is InChI=1S/C20H21FN2O5/c21-14-6-4-13(5-7-14)10-20(19(27)28)12-23(9-8-17(20)24)11-15-2-1-3-16(22-15)18(25)26/h1-7,17,24H,8-12H2,(H,25,26)(H,27,28)/t17-,20-/m1/s1. The van der Waals surface area contributed by atoms with Gasteiger partial charge in [-0.15, -0.1) is 0 Å². The molecular formula is C20H21FN2O5. The largest absolute Gasteiger partial charge is 0.481 e. The van der Waals surface area contributed by atoms with Crippen LogP contribution >= 0.6 is 0 Å². The van der Waals surface area contributed by atoms with Crippen LogP contribution in [0.4, 0.5) is 4.39 Å². The van der Waals surface area contributed by atoms with E-state index in [9.17, 15) is 24.2 Å². The van der Waals surface area contributed by atoms with Crippen molar-refractivity contribution in [3.8, 4) is 0 Å². The molecule has 0 bridgehead atoms. The predicted molar refractivity (Wildman–Crippen MR) is 97.3 cm³/mol. The van der Waals surface area contributed by atoms with E-state index in [4.69, 9.17) is 5.11 Å². The zero-order chi connectivity index (χ0) is 20.3. The minimum atomic E-state index is -1.44. The molecule has 1 saturated heterocycles. The first-order valence-electron chi connectivity index (χ1n) is 8.88. The summed E-state index contributed by atoms with van der Waals surface area (Å²) in [6.45, 7) is 0.796. The van der Waals surface area contributed by atoms with Crippen LogP contribution in [0, 0.1) is 11.2 Å². The lowest BCUT2D eigenvalue weighted by molar-refractivity contribution is -0.163. The van der Waals surface area contributed by atoms with E-state index in [1.165, 1.54) is 30.3 Å². The summed E-state index contributed by atoms with van der Waals surface area (Å²) in [4.78, 5) is 29.2. The molecule has 28 heavy (non-hydrogen) atoms. The zero-order valence-corrected chi connectivity index (χ0v) is 15.1. The fourth-order valence-electron chi connectivity index (χ4n) is 3.64. The number of aromatic nitrogens is 1. The van der Waals surface area contributed by atoms with E-state index in [0.717, 1.165) is 0 Å². The molecule has 3 N–H and O–H groups in total. The fraction of sp³-hybridized carbons (Fsp3) is 0.350. The number of aromatic carboxylic acids is 1. The van der Waals surface area contributed by atoms with Gasteiger partial charge < -0.3 is 15.3 Å². The van der Waals surface area contributed by atoms with Crippen LogP contribution in [0.3, 0.4) is 0 Å². The van der Waals surface area contributed by atoms with Gasteiger partial charge in [0.05, 0.1) is 11.8 Å². The van der Waals surface area contributed by atoms with Gasteiger partial charge in [0.1, 0.15) is 16.9 Å². The summed E-state index contributed by atoms with van der Waals surface area (Å²) in [6.07, 6.45) is -0.737. The number of halogens is 1. The van der Waals surface area contributed by atoms with E-state index >= 15 is 0 Å². The lowest BCUT2D eigenvalue weighted by atomic mass is 9.73. The normalized spacial score (nSPS) is 22.7. The summed E-state index contributed by atoms with van der Waals surface area (Å²) >= 11 is 0. The summed E-state index contributed by atoms with van der Waals surface area (Å²) in [5.74, 6) is -2.67. The molecule has 0 spiro atoms. The van der Waals surface area contributed by atoms with Crippen LogP contribution in [0.2, 0.25) is 0 Å². The summed E-state index contributed by atoms with van der Waals surface area (Å²) < 4.78 is 13.2. The highest BCUT2D eigenvalue weighted by molar-refractivity contribution is 5.85. The van der Waals surface area contributed by atoms with Crippen molar-refractivity contribution in [3.05, 3.63) is 65.2 Å². The van der Waals surface area contributed by atoms with Crippen molar-refractivity contribution in [1.82, 2.24) is 9.88 Å². The fourth-order valence-corrected chi connectivity index (χ4v) is 3.64. The van der Waals surface area contributed by atoms with Crippen molar-refractivity contribution < 1.29 is 29.3 Å². The van der Waals surface area contributed by atoms with E-state index in [-0.39, 0.29) is 31.6 Å². The van der Waals surface area contributed by atoms with Crippen molar-refractivity contribution in [3.63, 3.8) is 0 Å². The molecule has 2 heterocycles. The quantitative estimate of drug-likeness (QED) is 0.692. The van der Waals surface area contributed by atoms with E-state index in [2.05, 4.69) is 4.98 Å². The Labute approximate surface area is 161 Å². The first-order chi connectivity index (χ1) is 13.3. The summed E-state index contributed by atoms with van der Waals surface area (Å²) in [5.41, 5.74) is -0.390. The number of aliphatic hydroxyl groups is 1. The first kappa shape index (κ1) is 19.9. The Kier molecular flexibility index (Phi) is 5.71. The Balaban J connectivity index is 1.82. The molecule has 1 aliphatic heterocycles. The third kappa shape index (κ3) is 4.18. The Morgan fingerprint density at radius 2 is 1.89 bits per heavy atom. The van der Waals surface area contributed by atoms with Crippen molar-refractivity contribution in [2.75, 3.05) is 13.1 Å². The Morgan fingerprint density at radius 3 is 2.54 bits per heavy atom. The van der Waals surface area contributed by atoms with Crippen LogP contribution in [0.5, 0.6) is 0 Å². The molecule has 3 rings (SSSR count). The van der Waals surface area contributed by atoms with Gasteiger partial charge in [-0.2, -0.15) is 0 Å². The van der Waals surface area contributed by atoms with Gasteiger partial charge in [-0.25, -0.2) is 14.2 Å². The number of carboxylic acids is 2. The summed E-state index contributed by atoms with van der Waals surface area (Å²) in [6, 6.07) is 10.2. The molecule has 1 aromatic carbocycles. The van der Waals surface area contributed by atoms with Gasteiger partial charge in [-0.1, -0.05) is 18.2 Å². The first-order valence-corrected chi connectivity index (χ1v) is 8.88. The van der Waals surface area contributed by atoms with E-state index in [1.807, 2.05) is 4.90 Å². The van der Waals surface area contributed by atoms with Gasteiger partial charge in [-0.3, -0.25) is 9.69 Å². The SMILES string of the molecule is O=C(O)c1cccc(CN2CC[C@@H](O)[C@](Cc3ccc(F)cc3)(C(=O)O)C2)n1. The van der Waals surface area contributed by atoms with Crippen LogP contribution < -0.4 is 0 Å². The second-order valence-electron chi connectivity index (χ2n) is 7.10. The van der Waals surface area contributed by atoms with Crippen molar-refractivity contribution in [2.45, 2.75) is 25.5 Å². The average molecular weight is 388 g/mol. The lowest BCUT2D eigenvalue weighted by Crippen LogP contribution is -2.56. The minimum Gasteiger partial charge on any atom is -0.481 e. The van der Waals surface area contributed by atoms with Crippen LogP contribution in [0.25, 0.3) is 0 Å². The highest BCUT2D eigenvalue weighted by atomic mass is 19.1. The lowest BCUT2D eigenvalue weighted by Gasteiger charge is -2.43. The maximum atomic E-state index is 13.2. The van der Waals surface area contributed by atoms with Crippen molar-refractivity contribution in [2.24, 2.45) is 5.41 Å². The second-order valence-corrected chi connectivity index (χ2v) is 7.10. The number of hydrogen-bond donors (Lipinski definition) is 3. The molecule has 1 aliphatic rings.